The monoisotopic (exact) mass is 372 g/mol. The van der Waals surface area contributed by atoms with Crippen LogP contribution in [0.25, 0.3) is 0 Å². The van der Waals surface area contributed by atoms with Gasteiger partial charge in [-0.15, -0.1) is 24.2 Å². The minimum Gasteiger partial charge on any atom is -0.120 e. The maximum Gasteiger partial charge on any atom is 0.00886 e. The quantitative estimate of drug-likeness (QED) is 0.147. The second-order valence-corrected chi connectivity index (χ2v) is 8.17. The highest BCUT2D eigenvalue weighted by atomic mass is 14.0. The molecule has 0 spiro atoms. The Morgan fingerprint density at radius 1 is 0.407 bits per heavy atom. The van der Waals surface area contributed by atoms with Crippen molar-refractivity contribution in [1.82, 2.24) is 0 Å². The zero-order chi connectivity index (χ0) is 19.7. The lowest BCUT2D eigenvalue weighted by Crippen LogP contribution is -1.82. The molecule has 0 aromatic heterocycles. The van der Waals surface area contributed by atoms with Gasteiger partial charge in [-0.25, -0.2) is 0 Å². The molecular weight excluding hydrogens is 324 g/mol. The number of unbranched alkanes of at least 4 members (excludes halogenated alkanes) is 20. The summed E-state index contributed by atoms with van der Waals surface area (Å²) < 4.78 is 0. The van der Waals surface area contributed by atoms with Crippen LogP contribution in [-0.2, 0) is 0 Å². The van der Waals surface area contributed by atoms with Gasteiger partial charge in [0, 0.05) is 19.3 Å². The Bertz CT molecular complexity index is 362. The van der Waals surface area contributed by atoms with E-state index < -0.39 is 0 Å². The van der Waals surface area contributed by atoms with Crippen molar-refractivity contribution in [3.8, 4) is 24.2 Å². The summed E-state index contributed by atoms with van der Waals surface area (Å²) in [6, 6.07) is 0. The average Bonchev–Trinajstić information content (AvgIpc) is 2.68. The Balaban J connectivity index is 3.09. The van der Waals surface area contributed by atoms with Crippen LogP contribution >= 0.6 is 0 Å². The summed E-state index contributed by atoms with van der Waals surface area (Å²) in [4.78, 5) is 0. The van der Waals surface area contributed by atoms with Crippen molar-refractivity contribution in [3.05, 3.63) is 0 Å². The third-order valence-electron chi connectivity index (χ3n) is 5.40. The van der Waals surface area contributed by atoms with E-state index in [1.165, 1.54) is 122 Å². The van der Waals surface area contributed by atoms with E-state index in [0.29, 0.717) is 0 Å². The van der Waals surface area contributed by atoms with E-state index in [4.69, 9.17) is 6.42 Å². The summed E-state index contributed by atoms with van der Waals surface area (Å²) >= 11 is 0. The molecule has 0 unspecified atom stereocenters. The van der Waals surface area contributed by atoms with Crippen LogP contribution in [-0.4, -0.2) is 0 Å². The lowest BCUT2D eigenvalue weighted by molar-refractivity contribution is 0.551. The predicted molar refractivity (Wildman–Crippen MR) is 124 cm³/mol. The largest absolute Gasteiger partial charge is 0.120 e. The van der Waals surface area contributed by atoms with E-state index in [1.807, 2.05) is 0 Å². The lowest BCUT2D eigenvalue weighted by atomic mass is 10.1. The molecule has 27 heavy (non-hydrogen) atoms. The predicted octanol–water partition coefficient (Wildman–Crippen LogP) is 9.23. The van der Waals surface area contributed by atoms with Gasteiger partial charge in [-0.2, -0.15) is 0 Å². The normalized spacial score (nSPS) is 10.4. The highest BCUT2D eigenvalue weighted by Gasteiger charge is 1.93. The second-order valence-electron chi connectivity index (χ2n) is 8.17. The van der Waals surface area contributed by atoms with Crippen molar-refractivity contribution in [2.45, 2.75) is 148 Å². The number of terminal acetylenes is 1. The molecule has 0 aliphatic rings. The molecule has 0 saturated heterocycles. The SMILES string of the molecule is C#CCCCCCCCCCCC#CCCCCCCCCCCCCC. The summed E-state index contributed by atoms with van der Waals surface area (Å²) in [6.45, 7) is 2.29. The fraction of sp³-hybridized carbons (Fsp3) is 0.852. The lowest BCUT2D eigenvalue weighted by Gasteiger charge is -2.01. The first-order chi connectivity index (χ1) is 13.4. The van der Waals surface area contributed by atoms with Gasteiger partial charge >= 0.3 is 0 Å². The van der Waals surface area contributed by atoms with E-state index in [9.17, 15) is 0 Å². The summed E-state index contributed by atoms with van der Waals surface area (Å²) in [5.74, 6) is 9.48. The Kier molecular flexibility index (Phi) is 24.3. The molecule has 0 rings (SSSR count). The Morgan fingerprint density at radius 3 is 1.04 bits per heavy atom. The Morgan fingerprint density at radius 2 is 0.704 bits per heavy atom. The van der Waals surface area contributed by atoms with Crippen LogP contribution < -0.4 is 0 Å². The molecule has 0 fully saturated rings. The third-order valence-corrected chi connectivity index (χ3v) is 5.40. The van der Waals surface area contributed by atoms with Gasteiger partial charge in [0.15, 0.2) is 0 Å². The van der Waals surface area contributed by atoms with Gasteiger partial charge in [0.2, 0.25) is 0 Å². The van der Waals surface area contributed by atoms with Crippen molar-refractivity contribution in [3.63, 3.8) is 0 Å². The topological polar surface area (TPSA) is 0 Å². The molecule has 0 amide bonds. The fourth-order valence-electron chi connectivity index (χ4n) is 3.56. The molecule has 0 aliphatic carbocycles. The van der Waals surface area contributed by atoms with Crippen LogP contribution in [0.2, 0.25) is 0 Å². The molecule has 0 radical (unpaired) electrons. The molecule has 0 bridgehead atoms. The zero-order valence-corrected chi connectivity index (χ0v) is 18.6. The smallest absolute Gasteiger partial charge is 0.00886 e. The summed E-state index contributed by atoms with van der Waals surface area (Å²) in [5.41, 5.74) is 0. The van der Waals surface area contributed by atoms with Gasteiger partial charge in [-0.1, -0.05) is 110 Å². The first-order valence-corrected chi connectivity index (χ1v) is 12.3. The van der Waals surface area contributed by atoms with Crippen LogP contribution in [0.1, 0.15) is 148 Å². The van der Waals surface area contributed by atoms with Crippen LogP contribution in [0, 0.1) is 24.2 Å². The van der Waals surface area contributed by atoms with Crippen LogP contribution in [0.4, 0.5) is 0 Å². The van der Waals surface area contributed by atoms with E-state index in [0.717, 1.165) is 19.3 Å². The average molecular weight is 373 g/mol. The van der Waals surface area contributed by atoms with E-state index in [2.05, 4.69) is 24.7 Å². The van der Waals surface area contributed by atoms with Gasteiger partial charge in [-0.05, 0) is 19.3 Å². The van der Waals surface area contributed by atoms with Gasteiger partial charge in [0.25, 0.3) is 0 Å². The van der Waals surface area contributed by atoms with E-state index in [1.54, 1.807) is 0 Å². The Labute approximate surface area is 172 Å². The number of hydrogen-bond donors (Lipinski definition) is 0. The second kappa shape index (κ2) is 25.1. The first-order valence-electron chi connectivity index (χ1n) is 12.3. The van der Waals surface area contributed by atoms with Crippen LogP contribution in [0.3, 0.4) is 0 Å². The number of hydrogen-bond acceptors (Lipinski definition) is 0. The molecule has 0 N–H and O–H groups in total. The highest BCUT2D eigenvalue weighted by molar-refractivity contribution is 4.98. The van der Waals surface area contributed by atoms with E-state index >= 15 is 0 Å². The van der Waals surface area contributed by atoms with Crippen molar-refractivity contribution < 1.29 is 0 Å². The minimum atomic E-state index is 0.956. The van der Waals surface area contributed by atoms with Gasteiger partial charge < -0.3 is 0 Å². The maximum absolute atomic E-state index is 5.26. The van der Waals surface area contributed by atoms with Gasteiger partial charge in [0.1, 0.15) is 0 Å². The van der Waals surface area contributed by atoms with Crippen LogP contribution in [0.15, 0.2) is 0 Å². The maximum atomic E-state index is 5.26. The molecular formula is C27H48. The van der Waals surface area contributed by atoms with Crippen molar-refractivity contribution in [2.75, 3.05) is 0 Å². The summed E-state index contributed by atoms with van der Waals surface area (Å²) in [7, 11) is 0. The van der Waals surface area contributed by atoms with Gasteiger partial charge in [0.05, 0.1) is 0 Å². The molecule has 0 nitrogen and oxygen atoms in total. The van der Waals surface area contributed by atoms with Gasteiger partial charge in [-0.3, -0.25) is 0 Å². The standard InChI is InChI=1S/C27H48/c1-3-5-7-9-11-13-15-17-19-21-23-25-27-26-24-22-20-18-16-14-12-10-8-6-4-2/h1H,4-24,26H2,2H3. The van der Waals surface area contributed by atoms with Crippen LogP contribution in [0.5, 0.6) is 0 Å². The molecule has 0 aromatic carbocycles. The Hall–Kier alpha value is -0.880. The molecule has 0 saturated carbocycles. The van der Waals surface area contributed by atoms with E-state index in [-0.39, 0.29) is 0 Å². The molecule has 0 aromatic rings. The molecule has 0 aliphatic heterocycles. The number of rotatable bonds is 20. The summed E-state index contributed by atoms with van der Waals surface area (Å²) in [6.07, 6.45) is 34.7. The molecule has 0 heteroatoms. The fourth-order valence-corrected chi connectivity index (χ4v) is 3.56. The highest BCUT2D eigenvalue weighted by Crippen LogP contribution is 2.12. The zero-order valence-electron chi connectivity index (χ0n) is 18.6. The molecule has 0 atom stereocenters. The minimum absolute atomic E-state index is 0.956. The van der Waals surface area contributed by atoms with Crippen molar-refractivity contribution >= 4 is 0 Å². The first kappa shape index (κ1) is 26.1. The summed E-state index contributed by atoms with van der Waals surface area (Å²) in [5, 5.41) is 0. The van der Waals surface area contributed by atoms with Crippen molar-refractivity contribution in [2.24, 2.45) is 0 Å². The third kappa shape index (κ3) is 25.1. The molecule has 156 valence electrons. The molecule has 0 heterocycles. The van der Waals surface area contributed by atoms with Crippen molar-refractivity contribution in [1.29, 1.82) is 0 Å².